The molecule has 0 fully saturated rings. The molecule has 0 radical (unpaired) electrons. The van der Waals surface area contributed by atoms with Crippen LogP contribution in [0.3, 0.4) is 0 Å². The molecule has 0 saturated heterocycles. The summed E-state index contributed by atoms with van der Waals surface area (Å²) < 4.78 is 1.76. The molecule has 0 aliphatic heterocycles. The number of hydrogen-bond acceptors (Lipinski definition) is 3. The van der Waals surface area contributed by atoms with Gasteiger partial charge in [-0.15, -0.1) is 10.2 Å². The molecule has 6 heteroatoms. The van der Waals surface area contributed by atoms with Gasteiger partial charge in [0.25, 0.3) is 0 Å². The van der Waals surface area contributed by atoms with E-state index >= 15 is 0 Å². The minimum Gasteiger partial charge on any atom is -0.334 e. The summed E-state index contributed by atoms with van der Waals surface area (Å²) in [6, 6.07) is 9.52. The van der Waals surface area contributed by atoms with E-state index in [1.165, 1.54) is 0 Å². The Morgan fingerprint density at radius 3 is 2.61 bits per heavy atom. The first-order valence-corrected chi connectivity index (χ1v) is 5.64. The summed E-state index contributed by atoms with van der Waals surface area (Å²) in [4.78, 5) is 11.5. The van der Waals surface area contributed by atoms with Gasteiger partial charge in [-0.3, -0.25) is 0 Å². The Bertz CT molecular complexity index is 508. The molecular formula is C12H15N5O. The van der Waals surface area contributed by atoms with Gasteiger partial charge < -0.3 is 15.2 Å². The minimum atomic E-state index is -0.221. The van der Waals surface area contributed by atoms with E-state index in [-0.39, 0.29) is 6.03 Å². The van der Waals surface area contributed by atoms with Gasteiger partial charge in [0.05, 0.1) is 6.54 Å². The van der Waals surface area contributed by atoms with Gasteiger partial charge >= 0.3 is 6.03 Å². The zero-order valence-corrected chi connectivity index (χ0v) is 10.1. The van der Waals surface area contributed by atoms with Crippen LogP contribution in [-0.4, -0.2) is 20.8 Å². The molecule has 18 heavy (non-hydrogen) atoms. The number of benzene rings is 1. The van der Waals surface area contributed by atoms with E-state index in [1.54, 1.807) is 10.9 Å². The van der Waals surface area contributed by atoms with Crippen molar-refractivity contribution in [1.29, 1.82) is 0 Å². The molecule has 1 aromatic carbocycles. The Morgan fingerprint density at radius 1 is 1.22 bits per heavy atom. The molecule has 0 saturated carbocycles. The standard InChI is InChI=1S/C12H15N5O/c1-17-9-15-16-11(17)8-14-12(18)13-7-10-5-3-2-4-6-10/h2-6,9H,7-8H2,1H3,(H2,13,14,18). The summed E-state index contributed by atoms with van der Waals surface area (Å²) in [6.45, 7) is 0.864. The van der Waals surface area contributed by atoms with Crippen molar-refractivity contribution < 1.29 is 4.79 Å². The summed E-state index contributed by atoms with van der Waals surface area (Å²) in [5.41, 5.74) is 1.06. The number of carbonyl (C=O) groups excluding carboxylic acids is 1. The topological polar surface area (TPSA) is 71.8 Å². The van der Waals surface area contributed by atoms with Crippen LogP contribution in [0.15, 0.2) is 36.7 Å². The molecule has 94 valence electrons. The average Bonchev–Trinajstić information content (AvgIpc) is 2.81. The number of nitrogens with zero attached hydrogens (tertiary/aromatic N) is 3. The Labute approximate surface area is 105 Å². The first-order chi connectivity index (χ1) is 8.75. The molecule has 2 aromatic rings. The fourth-order valence-corrected chi connectivity index (χ4v) is 1.47. The maximum absolute atomic E-state index is 11.5. The van der Waals surface area contributed by atoms with Crippen LogP contribution in [0.1, 0.15) is 11.4 Å². The lowest BCUT2D eigenvalue weighted by Gasteiger charge is -2.07. The average molecular weight is 245 g/mol. The van der Waals surface area contributed by atoms with E-state index in [4.69, 9.17) is 0 Å². The molecule has 2 amide bonds. The van der Waals surface area contributed by atoms with Crippen molar-refractivity contribution in [3.05, 3.63) is 48.0 Å². The molecule has 1 aromatic heterocycles. The summed E-state index contributed by atoms with van der Waals surface area (Å²) in [6.07, 6.45) is 1.60. The van der Waals surface area contributed by atoms with E-state index in [2.05, 4.69) is 20.8 Å². The third-order valence-electron chi connectivity index (χ3n) is 2.51. The predicted molar refractivity (Wildman–Crippen MR) is 66.5 cm³/mol. The predicted octanol–water partition coefficient (Wildman–Crippen LogP) is 0.814. The molecule has 0 spiro atoms. The van der Waals surface area contributed by atoms with Gasteiger partial charge in [-0.2, -0.15) is 0 Å². The van der Waals surface area contributed by atoms with Crippen molar-refractivity contribution in [1.82, 2.24) is 25.4 Å². The van der Waals surface area contributed by atoms with Gasteiger partial charge in [-0.1, -0.05) is 30.3 Å². The Balaban J connectivity index is 1.75. The second-order valence-electron chi connectivity index (χ2n) is 3.88. The monoisotopic (exact) mass is 245 g/mol. The molecule has 6 nitrogen and oxygen atoms in total. The van der Waals surface area contributed by atoms with Crippen LogP contribution >= 0.6 is 0 Å². The number of hydrogen-bond donors (Lipinski definition) is 2. The van der Waals surface area contributed by atoms with E-state index in [1.807, 2.05) is 37.4 Å². The van der Waals surface area contributed by atoms with Gasteiger partial charge in [-0.05, 0) is 5.56 Å². The highest BCUT2D eigenvalue weighted by Crippen LogP contribution is 1.97. The van der Waals surface area contributed by atoms with Crippen LogP contribution in [0, 0.1) is 0 Å². The SMILES string of the molecule is Cn1cnnc1CNC(=O)NCc1ccccc1. The first-order valence-electron chi connectivity index (χ1n) is 5.64. The fraction of sp³-hybridized carbons (Fsp3) is 0.250. The van der Waals surface area contributed by atoms with Crippen molar-refractivity contribution in [2.45, 2.75) is 13.1 Å². The third-order valence-corrected chi connectivity index (χ3v) is 2.51. The van der Waals surface area contributed by atoms with Crippen LogP contribution in [-0.2, 0) is 20.1 Å². The highest BCUT2D eigenvalue weighted by Gasteiger charge is 2.03. The van der Waals surface area contributed by atoms with Crippen molar-refractivity contribution in [2.24, 2.45) is 7.05 Å². The summed E-state index contributed by atoms with van der Waals surface area (Å²) in [5.74, 6) is 0.713. The summed E-state index contributed by atoms with van der Waals surface area (Å²) in [7, 11) is 1.83. The number of aryl methyl sites for hydroxylation is 1. The van der Waals surface area contributed by atoms with Gasteiger partial charge in [-0.25, -0.2) is 4.79 Å². The van der Waals surface area contributed by atoms with E-state index in [0.717, 1.165) is 5.56 Å². The maximum atomic E-state index is 11.5. The number of nitrogens with one attached hydrogen (secondary N) is 2. The van der Waals surface area contributed by atoms with Crippen LogP contribution in [0.5, 0.6) is 0 Å². The van der Waals surface area contributed by atoms with Crippen LogP contribution < -0.4 is 10.6 Å². The van der Waals surface area contributed by atoms with Crippen LogP contribution in [0.4, 0.5) is 4.79 Å². The van der Waals surface area contributed by atoms with Gasteiger partial charge in [0.15, 0.2) is 5.82 Å². The first kappa shape index (κ1) is 12.1. The highest BCUT2D eigenvalue weighted by molar-refractivity contribution is 5.73. The van der Waals surface area contributed by atoms with Crippen molar-refractivity contribution >= 4 is 6.03 Å². The molecule has 0 aliphatic rings. The van der Waals surface area contributed by atoms with Crippen LogP contribution in [0.2, 0.25) is 0 Å². The molecule has 0 unspecified atom stereocenters. The molecule has 0 bridgehead atoms. The number of rotatable bonds is 4. The third kappa shape index (κ3) is 3.31. The Kier molecular flexibility index (Phi) is 3.90. The lowest BCUT2D eigenvalue weighted by molar-refractivity contribution is 0.239. The lowest BCUT2D eigenvalue weighted by Crippen LogP contribution is -2.35. The van der Waals surface area contributed by atoms with Gasteiger partial charge in [0.1, 0.15) is 6.33 Å². The molecule has 0 atom stereocenters. The molecular weight excluding hydrogens is 230 g/mol. The minimum absolute atomic E-state index is 0.221. The number of carbonyl (C=O) groups is 1. The summed E-state index contributed by atoms with van der Waals surface area (Å²) >= 11 is 0. The van der Waals surface area contributed by atoms with Gasteiger partial charge in [0.2, 0.25) is 0 Å². The van der Waals surface area contributed by atoms with Crippen molar-refractivity contribution in [3.8, 4) is 0 Å². The fourth-order valence-electron chi connectivity index (χ4n) is 1.47. The molecule has 0 aliphatic carbocycles. The molecule has 2 N–H and O–H groups in total. The summed E-state index contributed by atoms with van der Waals surface area (Å²) in [5, 5.41) is 13.1. The van der Waals surface area contributed by atoms with E-state index in [9.17, 15) is 4.79 Å². The molecule has 2 rings (SSSR count). The number of amides is 2. The largest absolute Gasteiger partial charge is 0.334 e. The van der Waals surface area contributed by atoms with E-state index in [0.29, 0.717) is 18.9 Å². The zero-order chi connectivity index (χ0) is 12.8. The smallest absolute Gasteiger partial charge is 0.315 e. The maximum Gasteiger partial charge on any atom is 0.315 e. The zero-order valence-electron chi connectivity index (χ0n) is 10.1. The number of urea groups is 1. The second-order valence-corrected chi connectivity index (χ2v) is 3.88. The molecule has 1 heterocycles. The Hall–Kier alpha value is -2.37. The van der Waals surface area contributed by atoms with Crippen molar-refractivity contribution in [3.63, 3.8) is 0 Å². The van der Waals surface area contributed by atoms with Crippen LogP contribution in [0.25, 0.3) is 0 Å². The van der Waals surface area contributed by atoms with E-state index < -0.39 is 0 Å². The highest BCUT2D eigenvalue weighted by atomic mass is 16.2. The quantitative estimate of drug-likeness (QED) is 0.837. The van der Waals surface area contributed by atoms with Crippen molar-refractivity contribution in [2.75, 3.05) is 0 Å². The second kappa shape index (κ2) is 5.81. The Morgan fingerprint density at radius 2 is 1.94 bits per heavy atom. The number of aromatic nitrogens is 3. The van der Waals surface area contributed by atoms with Gasteiger partial charge in [0, 0.05) is 13.6 Å². The normalized spacial score (nSPS) is 10.1. The lowest BCUT2D eigenvalue weighted by atomic mass is 10.2.